The molecule has 0 spiro atoms. The van der Waals surface area contributed by atoms with Crippen molar-refractivity contribution < 1.29 is 9.59 Å². The van der Waals surface area contributed by atoms with Crippen molar-refractivity contribution in [3.05, 3.63) is 106 Å². The smallest absolute Gasteiger partial charge is 0.196 e. The van der Waals surface area contributed by atoms with Crippen molar-refractivity contribution in [2.45, 2.75) is 12.1 Å². The number of nitrogens with zero attached hydrogens (tertiary/aromatic N) is 2. The van der Waals surface area contributed by atoms with E-state index in [2.05, 4.69) is 9.80 Å². The van der Waals surface area contributed by atoms with Gasteiger partial charge in [-0.15, -0.1) is 0 Å². The van der Waals surface area contributed by atoms with Crippen LogP contribution in [0.2, 0.25) is 5.02 Å². The maximum Gasteiger partial charge on any atom is 0.196 e. The summed E-state index contributed by atoms with van der Waals surface area (Å²) in [5, 5.41) is 0.766. The molecule has 0 amide bonds. The van der Waals surface area contributed by atoms with Gasteiger partial charge in [0, 0.05) is 48.9 Å². The highest BCUT2D eigenvalue weighted by molar-refractivity contribution is 6.33. The zero-order valence-corrected chi connectivity index (χ0v) is 17.9. The summed E-state index contributed by atoms with van der Waals surface area (Å²) in [5.74, 6) is -0.224. The van der Waals surface area contributed by atoms with Crippen molar-refractivity contribution in [2.24, 2.45) is 0 Å². The lowest BCUT2D eigenvalue weighted by molar-refractivity contribution is 0.0279. The van der Waals surface area contributed by atoms with Crippen molar-refractivity contribution >= 4 is 23.2 Å². The van der Waals surface area contributed by atoms with Gasteiger partial charge in [0.2, 0.25) is 0 Å². The Morgan fingerprint density at radius 1 is 0.710 bits per heavy atom. The number of halogens is 1. The van der Waals surface area contributed by atoms with Gasteiger partial charge >= 0.3 is 0 Å². The highest BCUT2D eigenvalue weighted by Gasteiger charge is 2.58. The molecule has 1 fully saturated rings. The van der Waals surface area contributed by atoms with Gasteiger partial charge in [0.15, 0.2) is 17.1 Å². The van der Waals surface area contributed by atoms with Crippen LogP contribution in [-0.4, -0.2) is 47.5 Å². The molecule has 2 aliphatic rings. The van der Waals surface area contributed by atoms with E-state index in [-0.39, 0.29) is 11.6 Å². The van der Waals surface area contributed by atoms with Gasteiger partial charge in [-0.25, -0.2) is 0 Å². The van der Waals surface area contributed by atoms with Gasteiger partial charge in [-0.05, 0) is 17.2 Å². The van der Waals surface area contributed by atoms with E-state index < -0.39 is 5.54 Å². The number of hydrogen-bond acceptors (Lipinski definition) is 4. The van der Waals surface area contributed by atoms with Gasteiger partial charge in [0.25, 0.3) is 0 Å². The Bertz CT molecular complexity index is 1100. The number of piperazine rings is 1. The van der Waals surface area contributed by atoms with E-state index in [1.165, 1.54) is 0 Å². The number of hydrogen-bond donors (Lipinski definition) is 0. The van der Waals surface area contributed by atoms with Crippen LogP contribution < -0.4 is 0 Å². The molecule has 0 unspecified atom stereocenters. The van der Waals surface area contributed by atoms with Crippen molar-refractivity contribution in [1.29, 1.82) is 0 Å². The number of carbonyl (C=O) groups is 2. The summed E-state index contributed by atoms with van der Waals surface area (Å²) in [6, 6.07) is 24.6. The molecule has 0 saturated carbocycles. The molecule has 0 N–H and O–H groups in total. The molecular weight excluding hydrogens is 408 g/mol. The van der Waals surface area contributed by atoms with Crippen LogP contribution in [0, 0.1) is 0 Å². The molecule has 0 atom stereocenters. The average molecular weight is 431 g/mol. The molecule has 1 heterocycles. The Balaban J connectivity index is 1.46. The summed E-state index contributed by atoms with van der Waals surface area (Å²) >= 11 is 6.34. The van der Waals surface area contributed by atoms with Gasteiger partial charge in [0.1, 0.15) is 0 Å². The predicted molar refractivity (Wildman–Crippen MR) is 122 cm³/mol. The van der Waals surface area contributed by atoms with Gasteiger partial charge in [-0.1, -0.05) is 84.4 Å². The number of rotatable bonds is 4. The van der Waals surface area contributed by atoms with Crippen molar-refractivity contribution in [1.82, 2.24) is 9.80 Å². The first-order chi connectivity index (χ1) is 15.1. The molecular formula is C26H23ClN2O2. The minimum Gasteiger partial charge on any atom is -0.296 e. The minimum atomic E-state index is -1.28. The third kappa shape index (κ3) is 3.23. The van der Waals surface area contributed by atoms with Crippen LogP contribution >= 0.6 is 11.6 Å². The Morgan fingerprint density at radius 2 is 1.26 bits per heavy atom. The molecule has 1 aliphatic heterocycles. The Hall–Kier alpha value is -2.79. The number of ketones is 2. The monoisotopic (exact) mass is 430 g/mol. The van der Waals surface area contributed by atoms with Crippen LogP contribution in [0.15, 0.2) is 78.9 Å². The van der Waals surface area contributed by atoms with Gasteiger partial charge in [-0.3, -0.25) is 19.4 Å². The molecule has 0 aromatic heterocycles. The molecule has 5 rings (SSSR count). The Kier molecular flexibility index (Phi) is 5.22. The van der Waals surface area contributed by atoms with Crippen molar-refractivity contribution in [3.63, 3.8) is 0 Å². The standard InChI is InChI=1S/C26H23ClN2O2/c27-23-13-7-4-8-19(23)18-28-14-16-29(17-15-28)26(20-9-2-1-3-10-20)24(30)21-11-5-6-12-22(21)25(26)31/h1-13H,14-18H2. The fraction of sp³-hybridized carbons (Fsp3) is 0.231. The summed E-state index contributed by atoms with van der Waals surface area (Å²) in [4.78, 5) is 31.9. The van der Waals surface area contributed by atoms with E-state index >= 15 is 0 Å². The van der Waals surface area contributed by atoms with Crippen LogP contribution in [0.1, 0.15) is 31.8 Å². The summed E-state index contributed by atoms with van der Waals surface area (Å²) in [5.41, 5.74) is 1.61. The maximum atomic E-state index is 13.8. The van der Waals surface area contributed by atoms with Crippen LogP contribution in [0.4, 0.5) is 0 Å². The Labute approximate surface area is 187 Å². The lowest BCUT2D eigenvalue weighted by Gasteiger charge is -2.44. The van der Waals surface area contributed by atoms with Crippen molar-refractivity contribution in [3.8, 4) is 0 Å². The predicted octanol–water partition coefficient (Wildman–Crippen LogP) is 4.43. The molecule has 156 valence electrons. The highest BCUT2D eigenvalue weighted by atomic mass is 35.5. The summed E-state index contributed by atoms with van der Waals surface area (Å²) in [6.45, 7) is 3.54. The summed E-state index contributed by atoms with van der Waals surface area (Å²) < 4.78 is 0. The molecule has 1 aliphatic carbocycles. The number of fused-ring (bicyclic) bond motifs is 1. The van der Waals surface area contributed by atoms with E-state index in [1.807, 2.05) is 66.7 Å². The first-order valence-corrected chi connectivity index (χ1v) is 10.9. The minimum absolute atomic E-state index is 0.112. The normalized spacial score (nSPS) is 18.9. The fourth-order valence-corrected chi connectivity index (χ4v) is 5.09. The number of benzene rings is 3. The molecule has 0 bridgehead atoms. The third-order valence-electron chi connectivity index (χ3n) is 6.46. The van der Waals surface area contributed by atoms with Crippen LogP contribution in [0.3, 0.4) is 0 Å². The van der Waals surface area contributed by atoms with Gasteiger partial charge < -0.3 is 0 Å². The summed E-state index contributed by atoms with van der Waals surface area (Å²) in [7, 11) is 0. The topological polar surface area (TPSA) is 40.6 Å². The average Bonchev–Trinajstić information content (AvgIpc) is 3.04. The van der Waals surface area contributed by atoms with Gasteiger partial charge in [0.05, 0.1) is 0 Å². The zero-order chi connectivity index (χ0) is 21.4. The lowest BCUT2D eigenvalue weighted by atomic mass is 9.82. The molecule has 3 aromatic carbocycles. The second-order valence-corrected chi connectivity index (χ2v) is 8.54. The maximum absolute atomic E-state index is 13.8. The van der Waals surface area contributed by atoms with Crippen LogP contribution in [-0.2, 0) is 12.1 Å². The van der Waals surface area contributed by atoms with E-state index in [9.17, 15) is 9.59 Å². The SMILES string of the molecule is O=C1c2ccccc2C(=O)C1(c1ccccc1)N1CCN(Cc2ccccc2Cl)CC1. The second-order valence-electron chi connectivity index (χ2n) is 8.13. The Morgan fingerprint density at radius 3 is 1.87 bits per heavy atom. The summed E-state index contributed by atoms with van der Waals surface area (Å²) in [6.07, 6.45) is 0. The molecule has 1 saturated heterocycles. The van der Waals surface area contributed by atoms with Crippen LogP contribution in [0.25, 0.3) is 0 Å². The molecule has 5 heteroatoms. The highest BCUT2D eigenvalue weighted by Crippen LogP contribution is 2.42. The molecule has 31 heavy (non-hydrogen) atoms. The largest absolute Gasteiger partial charge is 0.296 e. The first-order valence-electron chi connectivity index (χ1n) is 10.6. The fourth-order valence-electron chi connectivity index (χ4n) is 4.89. The lowest BCUT2D eigenvalue weighted by Crippen LogP contribution is -2.60. The van der Waals surface area contributed by atoms with E-state index in [1.54, 1.807) is 12.1 Å². The van der Waals surface area contributed by atoms with Gasteiger partial charge in [-0.2, -0.15) is 0 Å². The van der Waals surface area contributed by atoms with E-state index in [4.69, 9.17) is 11.6 Å². The first kappa shape index (κ1) is 20.1. The molecule has 4 nitrogen and oxygen atoms in total. The quantitative estimate of drug-likeness (QED) is 0.574. The second kappa shape index (κ2) is 8.04. The number of carbonyl (C=O) groups excluding carboxylic acids is 2. The van der Waals surface area contributed by atoms with Crippen molar-refractivity contribution in [2.75, 3.05) is 26.2 Å². The van der Waals surface area contributed by atoms with E-state index in [0.29, 0.717) is 24.2 Å². The third-order valence-corrected chi connectivity index (χ3v) is 6.83. The zero-order valence-electron chi connectivity index (χ0n) is 17.1. The number of Topliss-reactive ketones (excluding diaryl/α,β-unsaturated/α-hetero) is 2. The molecule has 0 radical (unpaired) electrons. The van der Waals surface area contributed by atoms with E-state index in [0.717, 1.165) is 35.8 Å². The molecule has 3 aromatic rings. The van der Waals surface area contributed by atoms with Crippen LogP contribution in [0.5, 0.6) is 0 Å².